The molecule has 0 spiro atoms. The highest BCUT2D eigenvalue weighted by Crippen LogP contribution is 2.31. The maximum absolute atomic E-state index is 12.8. The van der Waals surface area contributed by atoms with Crippen LogP contribution in [0.1, 0.15) is 28.4 Å². The summed E-state index contributed by atoms with van der Waals surface area (Å²) in [5.74, 6) is -1.15. The fourth-order valence-electron chi connectivity index (χ4n) is 3.28. The van der Waals surface area contributed by atoms with E-state index in [1.54, 1.807) is 23.5 Å². The van der Waals surface area contributed by atoms with E-state index in [2.05, 4.69) is 15.8 Å². The zero-order valence-electron chi connectivity index (χ0n) is 16.9. The van der Waals surface area contributed by atoms with Crippen molar-refractivity contribution in [2.24, 2.45) is 0 Å². The lowest BCUT2D eigenvalue weighted by Gasteiger charge is -2.11. The first-order valence-electron chi connectivity index (χ1n) is 9.63. The van der Waals surface area contributed by atoms with Gasteiger partial charge in [-0.05, 0) is 73.0 Å². The number of hydrogen-bond donors (Lipinski definition) is 2. The largest absolute Gasteiger partial charge is 0.478 e. The van der Waals surface area contributed by atoms with Crippen molar-refractivity contribution >= 4 is 43.2 Å². The highest BCUT2D eigenvalue weighted by atomic mass is 32.2. The zero-order valence-corrected chi connectivity index (χ0v) is 18.5. The third kappa shape index (κ3) is 4.30. The SMILES string of the molecule is CCc1ccc(S(=O)(=O)Nc2ccc(-c3nc4ccc(C)cc4s3)cc2)cc1C(=O)O. The molecule has 1 heterocycles. The molecule has 6 nitrogen and oxygen atoms in total. The second-order valence-corrected chi connectivity index (χ2v) is 9.86. The lowest BCUT2D eigenvalue weighted by molar-refractivity contribution is 0.0695. The van der Waals surface area contributed by atoms with Crippen LogP contribution in [0.5, 0.6) is 0 Å². The van der Waals surface area contributed by atoms with Gasteiger partial charge in [0.05, 0.1) is 20.7 Å². The number of nitrogens with one attached hydrogen (secondary N) is 1. The van der Waals surface area contributed by atoms with E-state index < -0.39 is 16.0 Å². The maximum atomic E-state index is 12.8. The van der Waals surface area contributed by atoms with Crippen LogP contribution in [0, 0.1) is 6.92 Å². The molecule has 0 aliphatic rings. The summed E-state index contributed by atoms with van der Waals surface area (Å²) >= 11 is 1.58. The van der Waals surface area contributed by atoms with Crippen molar-refractivity contribution in [3.8, 4) is 10.6 Å². The van der Waals surface area contributed by atoms with Gasteiger partial charge in [-0.1, -0.05) is 19.1 Å². The lowest BCUT2D eigenvalue weighted by Crippen LogP contribution is -2.14. The third-order valence-corrected chi connectivity index (χ3v) is 7.38. The molecule has 0 saturated heterocycles. The summed E-state index contributed by atoms with van der Waals surface area (Å²) in [6.45, 7) is 3.86. The van der Waals surface area contributed by atoms with Gasteiger partial charge in [-0.15, -0.1) is 11.3 Å². The second-order valence-electron chi connectivity index (χ2n) is 7.15. The van der Waals surface area contributed by atoms with Crippen molar-refractivity contribution < 1.29 is 18.3 Å². The van der Waals surface area contributed by atoms with Crippen LogP contribution in [0.3, 0.4) is 0 Å². The Morgan fingerprint density at radius 3 is 2.48 bits per heavy atom. The number of aromatic nitrogens is 1. The molecule has 4 rings (SSSR count). The number of anilines is 1. The fourth-order valence-corrected chi connectivity index (χ4v) is 5.43. The minimum Gasteiger partial charge on any atom is -0.478 e. The number of sulfonamides is 1. The van der Waals surface area contributed by atoms with Crippen LogP contribution in [0.25, 0.3) is 20.8 Å². The van der Waals surface area contributed by atoms with E-state index in [0.717, 1.165) is 20.8 Å². The molecule has 158 valence electrons. The first-order valence-corrected chi connectivity index (χ1v) is 11.9. The van der Waals surface area contributed by atoms with Crippen LogP contribution in [-0.2, 0) is 16.4 Å². The number of thiazole rings is 1. The molecular weight excluding hydrogens is 432 g/mol. The molecule has 3 aromatic carbocycles. The lowest BCUT2D eigenvalue weighted by atomic mass is 10.1. The molecule has 0 amide bonds. The summed E-state index contributed by atoms with van der Waals surface area (Å²) in [4.78, 5) is 16.0. The van der Waals surface area contributed by atoms with E-state index >= 15 is 0 Å². The van der Waals surface area contributed by atoms with Crippen molar-refractivity contribution in [2.75, 3.05) is 4.72 Å². The summed E-state index contributed by atoms with van der Waals surface area (Å²) in [5, 5.41) is 10.2. The Kier molecular flexibility index (Phi) is 5.51. The Morgan fingerprint density at radius 1 is 1.06 bits per heavy atom. The first kappa shape index (κ1) is 21.0. The number of carboxylic acid groups (broad SMARTS) is 1. The van der Waals surface area contributed by atoms with Crippen LogP contribution < -0.4 is 4.72 Å². The predicted octanol–water partition coefficient (Wildman–Crippen LogP) is 5.33. The molecule has 2 N–H and O–H groups in total. The van der Waals surface area contributed by atoms with E-state index in [9.17, 15) is 18.3 Å². The number of benzene rings is 3. The molecular formula is C23H20N2O4S2. The quantitative estimate of drug-likeness (QED) is 0.412. The van der Waals surface area contributed by atoms with Gasteiger partial charge >= 0.3 is 5.97 Å². The maximum Gasteiger partial charge on any atom is 0.336 e. The summed E-state index contributed by atoms with van der Waals surface area (Å²) in [7, 11) is -3.92. The Bertz CT molecular complexity index is 1390. The summed E-state index contributed by atoms with van der Waals surface area (Å²) in [5.41, 5.74) is 3.96. The molecule has 8 heteroatoms. The average molecular weight is 453 g/mol. The number of rotatable bonds is 6. The summed E-state index contributed by atoms with van der Waals surface area (Å²) < 4.78 is 29.1. The number of aryl methyl sites for hydroxylation is 2. The number of aromatic carboxylic acids is 1. The topological polar surface area (TPSA) is 96.4 Å². The Balaban J connectivity index is 1.59. The van der Waals surface area contributed by atoms with E-state index in [1.807, 2.05) is 38.1 Å². The molecule has 0 fully saturated rings. The van der Waals surface area contributed by atoms with E-state index in [4.69, 9.17) is 0 Å². The highest BCUT2D eigenvalue weighted by Gasteiger charge is 2.19. The fraction of sp³-hybridized carbons (Fsp3) is 0.130. The van der Waals surface area contributed by atoms with Crippen LogP contribution in [0.4, 0.5) is 5.69 Å². The average Bonchev–Trinajstić information content (AvgIpc) is 3.16. The molecule has 0 atom stereocenters. The first-order chi connectivity index (χ1) is 14.8. The molecule has 0 saturated carbocycles. The molecule has 0 aliphatic heterocycles. The van der Waals surface area contributed by atoms with Gasteiger partial charge in [0.2, 0.25) is 0 Å². The van der Waals surface area contributed by atoms with Crippen LogP contribution in [0.2, 0.25) is 0 Å². The molecule has 31 heavy (non-hydrogen) atoms. The highest BCUT2D eigenvalue weighted by molar-refractivity contribution is 7.92. The predicted molar refractivity (Wildman–Crippen MR) is 123 cm³/mol. The number of nitrogens with zero attached hydrogens (tertiary/aromatic N) is 1. The van der Waals surface area contributed by atoms with Crippen molar-refractivity contribution in [2.45, 2.75) is 25.2 Å². The summed E-state index contributed by atoms with van der Waals surface area (Å²) in [6.07, 6.45) is 0.502. The number of carbonyl (C=O) groups is 1. The molecule has 0 bridgehead atoms. The van der Waals surface area contributed by atoms with E-state index in [-0.39, 0.29) is 10.5 Å². The molecule has 4 aromatic rings. The van der Waals surface area contributed by atoms with Crippen LogP contribution in [-0.4, -0.2) is 24.5 Å². The van der Waals surface area contributed by atoms with Crippen molar-refractivity contribution in [3.63, 3.8) is 0 Å². The number of hydrogen-bond acceptors (Lipinski definition) is 5. The van der Waals surface area contributed by atoms with Gasteiger partial charge in [-0.25, -0.2) is 18.2 Å². The van der Waals surface area contributed by atoms with Gasteiger partial charge in [0.15, 0.2) is 0 Å². The second kappa shape index (κ2) is 8.13. The third-order valence-electron chi connectivity index (χ3n) is 4.93. The number of fused-ring (bicyclic) bond motifs is 1. The smallest absolute Gasteiger partial charge is 0.336 e. The molecule has 0 radical (unpaired) electrons. The zero-order chi connectivity index (χ0) is 22.2. The normalized spacial score (nSPS) is 11.5. The number of carboxylic acids is 1. The van der Waals surface area contributed by atoms with E-state index in [1.165, 1.54) is 23.8 Å². The Labute approximate surface area is 184 Å². The van der Waals surface area contributed by atoms with Gasteiger partial charge in [-0.3, -0.25) is 4.72 Å². The minimum absolute atomic E-state index is 0.00760. The minimum atomic E-state index is -3.92. The Hall–Kier alpha value is -3.23. The molecule has 0 unspecified atom stereocenters. The van der Waals surface area contributed by atoms with Gasteiger partial charge in [-0.2, -0.15) is 0 Å². The van der Waals surface area contributed by atoms with Gasteiger partial charge < -0.3 is 5.11 Å². The Morgan fingerprint density at radius 2 is 1.81 bits per heavy atom. The van der Waals surface area contributed by atoms with Crippen molar-refractivity contribution in [1.82, 2.24) is 4.98 Å². The van der Waals surface area contributed by atoms with Gasteiger partial charge in [0.1, 0.15) is 5.01 Å². The van der Waals surface area contributed by atoms with Crippen molar-refractivity contribution in [1.29, 1.82) is 0 Å². The molecule has 1 aromatic heterocycles. The standard InChI is InChI=1S/C23H20N2O4S2/c1-3-15-7-10-18(13-19(15)23(26)27)31(28,29)25-17-8-5-16(6-9-17)22-24-20-11-4-14(2)12-21(20)30-22/h4-13,25H,3H2,1-2H3,(H,26,27). The monoisotopic (exact) mass is 452 g/mol. The van der Waals surface area contributed by atoms with Crippen LogP contribution in [0.15, 0.2) is 65.6 Å². The van der Waals surface area contributed by atoms with Gasteiger partial charge in [0, 0.05) is 11.3 Å². The van der Waals surface area contributed by atoms with E-state index in [0.29, 0.717) is 17.7 Å². The summed E-state index contributed by atoms with van der Waals surface area (Å²) in [6, 6.07) is 17.2. The van der Waals surface area contributed by atoms with Crippen LogP contribution >= 0.6 is 11.3 Å². The van der Waals surface area contributed by atoms with Crippen molar-refractivity contribution in [3.05, 3.63) is 77.4 Å². The molecule has 0 aliphatic carbocycles. The van der Waals surface area contributed by atoms with Gasteiger partial charge in [0.25, 0.3) is 10.0 Å².